The quantitative estimate of drug-likeness (QED) is 0.715. The predicted molar refractivity (Wildman–Crippen MR) is 95.9 cm³/mol. The zero-order valence-electron chi connectivity index (χ0n) is 15.5. The lowest BCUT2D eigenvalue weighted by molar-refractivity contribution is -0.123. The summed E-state index contributed by atoms with van der Waals surface area (Å²) in [4.78, 5) is 25.9. The molecule has 1 amide bonds. The van der Waals surface area contributed by atoms with Crippen molar-refractivity contribution >= 4 is 23.5 Å². The van der Waals surface area contributed by atoms with Crippen LogP contribution in [-0.4, -0.2) is 47.3 Å². The van der Waals surface area contributed by atoms with Gasteiger partial charge in [-0.05, 0) is 38.8 Å². The Hall–Kier alpha value is -1.76. The number of amides is 1. The third-order valence-corrected chi connectivity index (χ3v) is 4.59. The Labute approximate surface area is 161 Å². The van der Waals surface area contributed by atoms with E-state index in [0.717, 1.165) is 4.90 Å². The smallest absolute Gasteiger partial charge is 0.411 e. The summed E-state index contributed by atoms with van der Waals surface area (Å²) in [6.45, 7) is 3.05. The number of halogens is 4. The number of carbonyl (C=O) groups is 2. The first-order valence-corrected chi connectivity index (χ1v) is 9.04. The van der Waals surface area contributed by atoms with E-state index in [2.05, 4.69) is 0 Å². The standard InChI is InChI=1S/C19H23ClF3NO3/c1-18(2,3)27-17(26)24-11-19(23,10-21)9-14(24)15(25)8-7-12-5-4-6-13(20)16(12)22/h4-6,14H,7-11H2,1-3H3/t14-,19+/m0/s1. The molecule has 1 aromatic rings. The molecule has 0 aromatic heterocycles. The van der Waals surface area contributed by atoms with E-state index >= 15 is 0 Å². The number of carbonyl (C=O) groups excluding carboxylic acids is 2. The van der Waals surface area contributed by atoms with Gasteiger partial charge >= 0.3 is 6.09 Å². The number of Topliss-reactive ketones (excluding diaryl/α,β-unsaturated/α-hetero) is 1. The zero-order chi connectivity index (χ0) is 20.4. The monoisotopic (exact) mass is 405 g/mol. The Morgan fingerprint density at radius 3 is 2.63 bits per heavy atom. The Morgan fingerprint density at radius 1 is 1.37 bits per heavy atom. The minimum Gasteiger partial charge on any atom is -0.444 e. The minimum atomic E-state index is -2.29. The third kappa shape index (κ3) is 5.37. The van der Waals surface area contributed by atoms with Crippen LogP contribution in [-0.2, 0) is 16.0 Å². The molecule has 0 aliphatic carbocycles. The van der Waals surface area contributed by atoms with Crippen LogP contribution in [0.2, 0.25) is 5.02 Å². The van der Waals surface area contributed by atoms with E-state index in [9.17, 15) is 22.8 Å². The maximum absolute atomic E-state index is 14.5. The highest BCUT2D eigenvalue weighted by Crippen LogP contribution is 2.34. The lowest BCUT2D eigenvalue weighted by Gasteiger charge is -2.28. The van der Waals surface area contributed by atoms with E-state index in [-0.39, 0.29) is 23.4 Å². The number of hydrogen-bond donors (Lipinski definition) is 0. The molecule has 1 aliphatic heterocycles. The number of benzene rings is 1. The molecule has 0 saturated carbocycles. The lowest BCUT2D eigenvalue weighted by atomic mass is 9.97. The topological polar surface area (TPSA) is 46.6 Å². The SMILES string of the molecule is CC(C)(C)OC(=O)N1C[C@](F)(CF)C[C@H]1C(=O)CCc1cccc(Cl)c1F. The minimum absolute atomic E-state index is 0.0405. The van der Waals surface area contributed by atoms with Gasteiger partial charge in [-0.15, -0.1) is 0 Å². The molecule has 150 valence electrons. The summed E-state index contributed by atoms with van der Waals surface area (Å²) < 4.78 is 46.8. The molecule has 0 bridgehead atoms. The van der Waals surface area contributed by atoms with Gasteiger partial charge in [-0.2, -0.15) is 0 Å². The van der Waals surface area contributed by atoms with Gasteiger partial charge in [0, 0.05) is 12.8 Å². The highest BCUT2D eigenvalue weighted by atomic mass is 35.5. The van der Waals surface area contributed by atoms with Crippen molar-refractivity contribution in [1.29, 1.82) is 0 Å². The predicted octanol–water partition coefficient (Wildman–Crippen LogP) is 4.67. The Bertz CT molecular complexity index is 723. The van der Waals surface area contributed by atoms with Crippen LogP contribution in [0.3, 0.4) is 0 Å². The highest BCUT2D eigenvalue weighted by Gasteiger charge is 2.50. The van der Waals surface area contributed by atoms with Crippen molar-refractivity contribution in [3.05, 3.63) is 34.6 Å². The number of ether oxygens (including phenoxy) is 1. The summed E-state index contributed by atoms with van der Waals surface area (Å²) in [5, 5.41) is -0.0589. The van der Waals surface area contributed by atoms with Crippen molar-refractivity contribution in [3.8, 4) is 0 Å². The van der Waals surface area contributed by atoms with Gasteiger partial charge in [-0.3, -0.25) is 9.69 Å². The van der Waals surface area contributed by atoms with E-state index in [1.165, 1.54) is 12.1 Å². The van der Waals surface area contributed by atoms with Crippen molar-refractivity contribution in [3.63, 3.8) is 0 Å². The Balaban J connectivity index is 2.13. The van der Waals surface area contributed by atoms with E-state index < -0.39 is 54.6 Å². The molecule has 0 spiro atoms. The molecule has 1 heterocycles. The van der Waals surface area contributed by atoms with Crippen LogP contribution in [0.15, 0.2) is 18.2 Å². The lowest BCUT2D eigenvalue weighted by Crippen LogP contribution is -2.44. The number of alkyl halides is 2. The highest BCUT2D eigenvalue weighted by molar-refractivity contribution is 6.30. The Kier molecular flexibility index (Phi) is 6.45. The first kappa shape index (κ1) is 21.5. The van der Waals surface area contributed by atoms with Gasteiger partial charge in [0.15, 0.2) is 11.5 Å². The van der Waals surface area contributed by atoms with Crippen LogP contribution in [0.25, 0.3) is 0 Å². The molecule has 0 radical (unpaired) electrons. The molecule has 27 heavy (non-hydrogen) atoms. The van der Waals surface area contributed by atoms with Gasteiger partial charge in [-0.1, -0.05) is 23.7 Å². The van der Waals surface area contributed by atoms with Gasteiger partial charge in [-0.25, -0.2) is 18.0 Å². The second kappa shape index (κ2) is 8.09. The molecule has 1 fully saturated rings. The summed E-state index contributed by atoms with van der Waals surface area (Å²) in [6.07, 6.45) is -1.41. The largest absolute Gasteiger partial charge is 0.444 e. The first-order valence-electron chi connectivity index (χ1n) is 8.66. The summed E-state index contributed by atoms with van der Waals surface area (Å²) in [5.41, 5.74) is -2.89. The van der Waals surface area contributed by atoms with Gasteiger partial charge in [0.25, 0.3) is 0 Å². The summed E-state index contributed by atoms with van der Waals surface area (Å²) in [7, 11) is 0. The molecule has 0 unspecified atom stereocenters. The van der Waals surface area contributed by atoms with Gasteiger partial charge in [0.2, 0.25) is 0 Å². The second-order valence-electron chi connectivity index (χ2n) is 7.79. The molecule has 2 rings (SSSR count). The van der Waals surface area contributed by atoms with Crippen LogP contribution in [0, 0.1) is 5.82 Å². The average molecular weight is 406 g/mol. The van der Waals surface area contributed by atoms with Gasteiger partial charge < -0.3 is 4.74 Å². The molecular weight excluding hydrogens is 383 g/mol. The second-order valence-corrected chi connectivity index (χ2v) is 8.20. The average Bonchev–Trinajstić information content (AvgIpc) is 2.93. The fourth-order valence-electron chi connectivity index (χ4n) is 3.00. The Morgan fingerprint density at radius 2 is 2.04 bits per heavy atom. The molecule has 1 aliphatic rings. The van der Waals surface area contributed by atoms with Crippen LogP contribution >= 0.6 is 11.6 Å². The van der Waals surface area contributed by atoms with Crippen molar-refractivity contribution in [2.45, 2.75) is 57.3 Å². The molecule has 1 aromatic carbocycles. The fraction of sp³-hybridized carbons (Fsp3) is 0.579. The molecule has 4 nitrogen and oxygen atoms in total. The summed E-state index contributed by atoms with van der Waals surface area (Å²) >= 11 is 5.72. The van der Waals surface area contributed by atoms with Crippen LogP contribution < -0.4 is 0 Å². The van der Waals surface area contributed by atoms with Crippen molar-refractivity contribution < 1.29 is 27.5 Å². The van der Waals surface area contributed by atoms with Gasteiger partial charge in [0.1, 0.15) is 18.1 Å². The van der Waals surface area contributed by atoms with Crippen LogP contribution in [0.5, 0.6) is 0 Å². The number of hydrogen-bond acceptors (Lipinski definition) is 3. The number of aryl methyl sites for hydroxylation is 1. The van der Waals surface area contributed by atoms with Gasteiger partial charge in [0.05, 0.1) is 17.6 Å². The number of ketones is 1. The maximum atomic E-state index is 14.5. The summed E-state index contributed by atoms with van der Waals surface area (Å²) in [6, 6.07) is 3.30. The number of likely N-dealkylation sites (tertiary alicyclic amines) is 1. The van der Waals surface area contributed by atoms with Crippen LogP contribution in [0.4, 0.5) is 18.0 Å². The molecule has 1 saturated heterocycles. The number of nitrogens with zero attached hydrogens (tertiary/aromatic N) is 1. The van der Waals surface area contributed by atoms with Crippen molar-refractivity contribution in [2.24, 2.45) is 0 Å². The summed E-state index contributed by atoms with van der Waals surface area (Å²) in [5.74, 6) is -1.10. The van der Waals surface area contributed by atoms with E-state index in [1.54, 1.807) is 26.8 Å². The molecule has 2 atom stereocenters. The van der Waals surface area contributed by atoms with E-state index in [0.29, 0.717) is 0 Å². The molecule has 0 N–H and O–H groups in total. The third-order valence-electron chi connectivity index (χ3n) is 4.30. The van der Waals surface area contributed by atoms with Crippen LogP contribution in [0.1, 0.15) is 39.2 Å². The normalized spacial score (nSPS) is 22.8. The maximum Gasteiger partial charge on any atom is 0.411 e. The number of rotatable bonds is 5. The fourth-order valence-corrected chi connectivity index (χ4v) is 3.19. The molecule has 8 heteroatoms. The van der Waals surface area contributed by atoms with E-state index in [1.807, 2.05) is 0 Å². The first-order chi connectivity index (χ1) is 12.5. The van der Waals surface area contributed by atoms with Crippen molar-refractivity contribution in [1.82, 2.24) is 4.90 Å². The molecular formula is C19H23ClF3NO3. The van der Waals surface area contributed by atoms with E-state index in [4.69, 9.17) is 16.3 Å². The zero-order valence-corrected chi connectivity index (χ0v) is 16.3. The van der Waals surface area contributed by atoms with Crippen molar-refractivity contribution in [2.75, 3.05) is 13.2 Å².